The van der Waals surface area contributed by atoms with E-state index in [1.807, 2.05) is 37.5 Å². The molecule has 4 heterocycles. The number of aromatic amines is 1. The first kappa shape index (κ1) is 21.4. The van der Waals surface area contributed by atoms with Crippen molar-refractivity contribution in [1.82, 2.24) is 29.2 Å². The summed E-state index contributed by atoms with van der Waals surface area (Å²) in [6, 6.07) is 9.44. The van der Waals surface area contributed by atoms with Gasteiger partial charge in [-0.3, -0.25) is 14.3 Å². The molecule has 1 amide bonds. The van der Waals surface area contributed by atoms with Gasteiger partial charge in [0.15, 0.2) is 0 Å². The van der Waals surface area contributed by atoms with Crippen LogP contribution in [0.4, 0.5) is 0 Å². The van der Waals surface area contributed by atoms with Crippen LogP contribution in [0, 0.1) is 0 Å². The molecule has 0 bridgehead atoms. The Hall–Kier alpha value is -4.40. The lowest BCUT2D eigenvalue weighted by Gasteiger charge is -2.13. The zero-order valence-corrected chi connectivity index (χ0v) is 19.6. The van der Waals surface area contributed by atoms with Crippen molar-refractivity contribution < 1.29 is 9.53 Å². The second kappa shape index (κ2) is 7.87. The van der Waals surface area contributed by atoms with Gasteiger partial charge in [0.2, 0.25) is 0 Å². The van der Waals surface area contributed by atoms with E-state index in [0.29, 0.717) is 11.2 Å². The number of carbonyl (C=O) groups is 1. The predicted molar refractivity (Wildman–Crippen MR) is 131 cm³/mol. The van der Waals surface area contributed by atoms with Crippen molar-refractivity contribution in [3.63, 3.8) is 0 Å². The Balaban J connectivity index is 1.93. The SMILES string of the molecule is COc1ccc(-c2c(-c3cnn(C)c3)[nH]c3ncc4c(cc(C(=O)N(C)C)c(=O)n4C)c23)cc1. The standard InChI is InChI=1S/C25H24N6O3/c1-29(2)24(32)18-10-17-19(31(4)25(18)33)12-26-23-21(17)20(14-6-8-16(34-5)9-7-14)22(28-23)15-11-27-30(3)13-15/h6-13H,1-5H3,(H,26,28). The number of carbonyl (C=O) groups excluding carboxylic acids is 1. The molecule has 5 aromatic rings. The van der Waals surface area contributed by atoms with Crippen molar-refractivity contribution in [2.75, 3.05) is 21.2 Å². The van der Waals surface area contributed by atoms with Crippen molar-refractivity contribution in [3.05, 3.63) is 64.8 Å². The normalized spacial score (nSPS) is 11.3. The minimum absolute atomic E-state index is 0.109. The molecule has 0 unspecified atom stereocenters. The Kier molecular flexibility index (Phi) is 4.97. The van der Waals surface area contributed by atoms with Crippen LogP contribution in [-0.2, 0) is 14.1 Å². The number of fused-ring (bicyclic) bond motifs is 3. The molecule has 0 spiro atoms. The number of H-pyrrole nitrogens is 1. The van der Waals surface area contributed by atoms with Crippen molar-refractivity contribution in [1.29, 1.82) is 0 Å². The fourth-order valence-electron chi connectivity index (χ4n) is 4.29. The van der Waals surface area contributed by atoms with Crippen LogP contribution < -0.4 is 10.3 Å². The average molecular weight is 457 g/mol. The summed E-state index contributed by atoms with van der Waals surface area (Å²) in [4.78, 5) is 35.3. The van der Waals surface area contributed by atoms with Crippen LogP contribution in [-0.4, -0.2) is 56.3 Å². The highest BCUT2D eigenvalue weighted by Gasteiger charge is 2.23. The number of hydrogen-bond donors (Lipinski definition) is 1. The molecule has 9 heteroatoms. The Morgan fingerprint density at radius 2 is 1.82 bits per heavy atom. The van der Waals surface area contributed by atoms with Gasteiger partial charge in [0.25, 0.3) is 11.5 Å². The number of hydrogen-bond acceptors (Lipinski definition) is 5. The van der Waals surface area contributed by atoms with E-state index in [-0.39, 0.29) is 17.0 Å². The maximum Gasteiger partial charge on any atom is 0.263 e. The molecule has 0 fully saturated rings. The number of rotatable bonds is 4. The van der Waals surface area contributed by atoms with E-state index >= 15 is 0 Å². The van der Waals surface area contributed by atoms with Gasteiger partial charge >= 0.3 is 0 Å². The Labute approximate surface area is 195 Å². The van der Waals surface area contributed by atoms with E-state index in [9.17, 15) is 9.59 Å². The van der Waals surface area contributed by atoms with Gasteiger partial charge in [-0.2, -0.15) is 5.10 Å². The quantitative estimate of drug-likeness (QED) is 0.448. The highest BCUT2D eigenvalue weighted by Crippen LogP contribution is 2.41. The topological polar surface area (TPSA) is 98.0 Å². The molecule has 0 aliphatic heterocycles. The van der Waals surface area contributed by atoms with E-state index in [4.69, 9.17) is 4.74 Å². The molecule has 0 atom stereocenters. The molecule has 0 saturated carbocycles. The summed E-state index contributed by atoms with van der Waals surface area (Å²) in [5, 5.41) is 5.91. The Morgan fingerprint density at radius 3 is 2.44 bits per heavy atom. The van der Waals surface area contributed by atoms with Gasteiger partial charge in [-0.25, -0.2) is 4.98 Å². The van der Waals surface area contributed by atoms with Gasteiger partial charge in [0.05, 0.1) is 30.7 Å². The molecule has 172 valence electrons. The smallest absolute Gasteiger partial charge is 0.263 e. The Bertz CT molecular complexity index is 1620. The maximum absolute atomic E-state index is 13.0. The maximum atomic E-state index is 13.0. The first-order chi connectivity index (χ1) is 16.3. The van der Waals surface area contributed by atoms with Crippen LogP contribution >= 0.6 is 0 Å². The molecule has 9 nitrogen and oxygen atoms in total. The van der Waals surface area contributed by atoms with Gasteiger partial charge in [-0.05, 0) is 23.8 Å². The van der Waals surface area contributed by atoms with Crippen LogP contribution in [0.15, 0.2) is 53.7 Å². The number of nitrogens with zero attached hydrogens (tertiary/aromatic N) is 5. The summed E-state index contributed by atoms with van der Waals surface area (Å²) in [7, 11) is 8.42. The van der Waals surface area contributed by atoms with E-state index in [1.54, 1.807) is 51.4 Å². The number of ether oxygens (including phenoxy) is 1. The second-order valence-corrected chi connectivity index (χ2v) is 8.41. The van der Waals surface area contributed by atoms with Crippen LogP contribution in [0.3, 0.4) is 0 Å². The molecular formula is C25H24N6O3. The zero-order valence-electron chi connectivity index (χ0n) is 19.6. The van der Waals surface area contributed by atoms with Crippen molar-refractivity contribution in [2.24, 2.45) is 14.1 Å². The second-order valence-electron chi connectivity index (χ2n) is 8.41. The molecular weight excluding hydrogens is 432 g/mol. The third-order valence-electron chi connectivity index (χ3n) is 6.04. The highest BCUT2D eigenvalue weighted by molar-refractivity contribution is 6.16. The molecule has 0 aliphatic rings. The van der Waals surface area contributed by atoms with E-state index in [0.717, 1.165) is 38.9 Å². The summed E-state index contributed by atoms with van der Waals surface area (Å²) < 4.78 is 8.56. The lowest BCUT2D eigenvalue weighted by molar-refractivity contribution is 0.0825. The zero-order chi connectivity index (χ0) is 24.1. The summed E-state index contributed by atoms with van der Waals surface area (Å²) in [6.45, 7) is 0. The molecule has 0 saturated heterocycles. The summed E-state index contributed by atoms with van der Waals surface area (Å²) in [5.74, 6) is 0.400. The van der Waals surface area contributed by atoms with Gasteiger partial charge in [-0.15, -0.1) is 0 Å². The molecule has 34 heavy (non-hydrogen) atoms. The van der Waals surface area contributed by atoms with E-state index in [1.165, 1.54) is 9.47 Å². The number of aromatic nitrogens is 5. The highest BCUT2D eigenvalue weighted by atomic mass is 16.5. The largest absolute Gasteiger partial charge is 0.497 e. The number of nitrogens with one attached hydrogen (secondary N) is 1. The van der Waals surface area contributed by atoms with Gasteiger partial charge in [0.1, 0.15) is 17.0 Å². The molecule has 1 aromatic carbocycles. The first-order valence-corrected chi connectivity index (χ1v) is 10.7. The van der Waals surface area contributed by atoms with Crippen molar-refractivity contribution >= 4 is 27.8 Å². The van der Waals surface area contributed by atoms with Gasteiger partial charge in [-0.1, -0.05) is 12.1 Å². The first-order valence-electron chi connectivity index (χ1n) is 10.7. The average Bonchev–Trinajstić information content (AvgIpc) is 3.44. The number of amides is 1. The van der Waals surface area contributed by atoms with Crippen molar-refractivity contribution in [3.8, 4) is 28.1 Å². The monoisotopic (exact) mass is 456 g/mol. The summed E-state index contributed by atoms with van der Waals surface area (Å²) in [6.07, 6.45) is 5.37. The lowest BCUT2D eigenvalue weighted by atomic mass is 9.97. The third kappa shape index (κ3) is 3.24. The predicted octanol–water partition coefficient (Wildman–Crippen LogP) is 3.19. The van der Waals surface area contributed by atoms with Crippen molar-refractivity contribution in [2.45, 2.75) is 0 Å². The third-order valence-corrected chi connectivity index (χ3v) is 6.04. The van der Waals surface area contributed by atoms with Crippen LogP contribution in [0.5, 0.6) is 5.75 Å². The van der Waals surface area contributed by atoms with Crippen LogP contribution in [0.1, 0.15) is 10.4 Å². The number of pyridine rings is 2. The minimum atomic E-state index is -0.360. The molecule has 5 rings (SSSR count). The fourth-order valence-corrected chi connectivity index (χ4v) is 4.29. The summed E-state index contributed by atoms with van der Waals surface area (Å²) >= 11 is 0. The molecule has 0 aliphatic carbocycles. The van der Waals surface area contributed by atoms with Crippen LogP contribution in [0.2, 0.25) is 0 Å². The van der Waals surface area contributed by atoms with E-state index < -0.39 is 0 Å². The molecule has 0 radical (unpaired) electrons. The number of aryl methyl sites for hydroxylation is 2. The minimum Gasteiger partial charge on any atom is -0.497 e. The van der Waals surface area contributed by atoms with E-state index in [2.05, 4.69) is 15.1 Å². The summed E-state index contributed by atoms with van der Waals surface area (Å²) in [5.41, 5.74) is 4.63. The number of benzene rings is 1. The van der Waals surface area contributed by atoms with Gasteiger partial charge in [0, 0.05) is 56.3 Å². The number of methoxy groups -OCH3 is 1. The molecule has 4 aromatic heterocycles. The molecule has 1 N–H and O–H groups in total. The fraction of sp³-hybridized carbons (Fsp3) is 0.200. The van der Waals surface area contributed by atoms with Crippen LogP contribution in [0.25, 0.3) is 44.3 Å². The van der Waals surface area contributed by atoms with Gasteiger partial charge < -0.3 is 19.2 Å². The Morgan fingerprint density at radius 1 is 1.09 bits per heavy atom. The lowest BCUT2D eigenvalue weighted by Crippen LogP contribution is -2.31.